The Balaban J connectivity index is 2.63. The van der Waals surface area contributed by atoms with E-state index < -0.39 is 0 Å². The summed E-state index contributed by atoms with van der Waals surface area (Å²) in [6.07, 6.45) is 11.5. The summed E-state index contributed by atoms with van der Waals surface area (Å²) in [5.74, 6) is 0. The van der Waals surface area contributed by atoms with E-state index in [1.165, 1.54) is 0 Å². The molecule has 0 saturated heterocycles. The van der Waals surface area contributed by atoms with Crippen LogP contribution in [0.15, 0.2) is 135 Å². The Kier molecular flexibility index (Phi) is 7.15. The second-order valence-electron chi connectivity index (χ2n) is 5.62. The lowest BCUT2D eigenvalue weighted by Crippen LogP contribution is -1.88. The fraction of sp³-hybridized carbons (Fsp3) is 0. The maximum atomic E-state index is 3.92. The van der Waals surface area contributed by atoms with Crippen molar-refractivity contribution in [3.05, 3.63) is 146 Å². The van der Waals surface area contributed by atoms with Gasteiger partial charge in [0.25, 0.3) is 0 Å². The van der Waals surface area contributed by atoms with Crippen LogP contribution in [0.1, 0.15) is 11.1 Å². The molecule has 128 valence electrons. The van der Waals surface area contributed by atoms with Crippen molar-refractivity contribution in [1.82, 2.24) is 0 Å². The van der Waals surface area contributed by atoms with E-state index in [2.05, 4.69) is 62.7 Å². The van der Waals surface area contributed by atoms with Crippen LogP contribution in [0, 0.1) is 0 Å². The third-order valence-electron chi connectivity index (χ3n) is 4.09. The molecule has 0 amide bonds. The number of hydrogen-bond donors (Lipinski definition) is 0. The van der Waals surface area contributed by atoms with Gasteiger partial charge in [-0.3, -0.25) is 0 Å². The average Bonchev–Trinajstić information content (AvgIpc) is 2.71. The summed E-state index contributed by atoms with van der Waals surface area (Å²) in [5, 5.41) is 0. The lowest BCUT2D eigenvalue weighted by Gasteiger charge is -2.10. The molecule has 0 atom stereocenters. The van der Waals surface area contributed by atoms with Crippen LogP contribution >= 0.6 is 0 Å². The van der Waals surface area contributed by atoms with Crippen molar-refractivity contribution in [2.45, 2.75) is 0 Å². The van der Waals surface area contributed by atoms with Gasteiger partial charge in [-0.25, -0.2) is 0 Å². The van der Waals surface area contributed by atoms with Crippen LogP contribution < -0.4 is 0 Å². The molecule has 0 heterocycles. The smallest absolute Gasteiger partial charge is 0.0112 e. The normalized spacial score (nSPS) is 10.0. The highest BCUT2D eigenvalue weighted by Gasteiger charge is 2.05. The molecule has 0 aliphatic rings. The molecule has 0 heteroatoms. The fourth-order valence-corrected chi connectivity index (χ4v) is 2.73. The monoisotopic (exact) mass is 336 g/mol. The van der Waals surface area contributed by atoms with Gasteiger partial charge in [0, 0.05) is 0 Å². The van der Waals surface area contributed by atoms with E-state index in [0.29, 0.717) is 0 Å². The number of rotatable bonds is 8. The van der Waals surface area contributed by atoms with Gasteiger partial charge in [-0.2, -0.15) is 0 Å². The number of allylic oxidation sites excluding steroid dienone is 10. The molecule has 0 nitrogen and oxygen atoms in total. The zero-order valence-corrected chi connectivity index (χ0v) is 15.1. The highest BCUT2D eigenvalue weighted by atomic mass is 14.1. The van der Waals surface area contributed by atoms with E-state index in [1.54, 1.807) is 0 Å². The van der Waals surface area contributed by atoms with Crippen LogP contribution in [-0.4, -0.2) is 0 Å². The Labute approximate surface area is 157 Å². The molecule has 0 fully saturated rings. The summed E-state index contributed by atoms with van der Waals surface area (Å²) in [5.41, 5.74) is 6.33. The maximum absolute atomic E-state index is 3.92. The van der Waals surface area contributed by atoms with E-state index in [4.69, 9.17) is 0 Å². The predicted molar refractivity (Wildman–Crippen MR) is 117 cm³/mol. The van der Waals surface area contributed by atoms with Gasteiger partial charge >= 0.3 is 0 Å². The van der Waals surface area contributed by atoms with Crippen LogP contribution in [0.2, 0.25) is 0 Å². The van der Waals surface area contributed by atoms with Crippen molar-refractivity contribution in [1.29, 1.82) is 0 Å². The van der Waals surface area contributed by atoms with Gasteiger partial charge in [-0.05, 0) is 33.4 Å². The predicted octanol–water partition coefficient (Wildman–Crippen LogP) is 7.19. The fourth-order valence-electron chi connectivity index (χ4n) is 2.73. The minimum atomic E-state index is 0.985. The molecule has 0 aromatic heterocycles. The van der Waals surface area contributed by atoms with Crippen molar-refractivity contribution in [3.63, 3.8) is 0 Å². The molecule has 0 radical (unpaired) electrons. The van der Waals surface area contributed by atoms with Crippen LogP contribution in [-0.2, 0) is 0 Å². The molecule has 0 spiro atoms. The first kappa shape index (κ1) is 19.0. The molecule has 0 aliphatic carbocycles. The van der Waals surface area contributed by atoms with Crippen LogP contribution in [0.4, 0.5) is 0 Å². The highest BCUT2D eigenvalue weighted by molar-refractivity contribution is 5.86. The Morgan fingerprint density at radius 1 is 0.500 bits per heavy atom. The standard InChI is InChI=1S/C26H24/c1-5-21(6-2)25(23-15-11-9-12-16-23)19-20-26(22(7-3)8-4)24-17-13-10-14-18-24/h5-20H,1-4H2/b20-19+. The quantitative estimate of drug-likeness (QED) is 0.447. The zero-order valence-electron chi connectivity index (χ0n) is 15.1. The first-order chi connectivity index (χ1) is 12.7. The van der Waals surface area contributed by atoms with Gasteiger partial charge in [-0.15, -0.1) is 0 Å². The SMILES string of the molecule is C=CC(C=C)=C(/C=C/C(=C(C=C)C=C)c1ccccc1)c1ccccc1. The van der Waals surface area contributed by atoms with Crippen LogP contribution in [0.5, 0.6) is 0 Å². The van der Waals surface area contributed by atoms with E-state index >= 15 is 0 Å². The van der Waals surface area contributed by atoms with E-state index in [0.717, 1.165) is 33.4 Å². The highest BCUT2D eigenvalue weighted by Crippen LogP contribution is 2.26. The largest absolute Gasteiger partial charge is 0.0984 e. The van der Waals surface area contributed by atoms with Gasteiger partial charge in [-0.1, -0.05) is 123 Å². The Morgan fingerprint density at radius 3 is 1.08 bits per heavy atom. The van der Waals surface area contributed by atoms with Crippen molar-refractivity contribution >= 4 is 11.1 Å². The molecule has 2 aromatic rings. The second-order valence-corrected chi connectivity index (χ2v) is 5.62. The number of benzene rings is 2. The molecule has 0 bridgehead atoms. The van der Waals surface area contributed by atoms with Crippen molar-refractivity contribution in [2.24, 2.45) is 0 Å². The third kappa shape index (κ3) is 4.58. The summed E-state index contributed by atoms with van der Waals surface area (Å²) in [7, 11) is 0. The van der Waals surface area contributed by atoms with E-state index in [9.17, 15) is 0 Å². The summed E-state index contributed by atoms with van der Waals surface area (Å²) in [6, 6.07) is 20.5. The summed E-state index contributed by atoms with van der Waals surface area (Å²) < 4.78 is 0. The van der Waals surface area contributed by atoms with Crippen molar-refractivity contribution < 1.29 is 0 Å². The van der Waals surface area contributed by atoms with Crippen LogP contribution in [0.3, 0.4) is 0 Å². The van der Waals surface area contributed by atoms with Crippen LogP contribution in [0.25, 0.3) is 11.1 Å². The lowest BCUT2D eigenvalue weighted by atomic mass is 9.95. The first-order valence-electron chi connectivity index (χ1n) is 8.52. The molecule has 2 rings (SSSR count). The van der Waals surface area contributed by atoms with Gasteiger partial charge in [0.05, 0.1) is 0 Å². The van der Waals surface area contributed by atoms with Crippen molar-refractivity contribution in [2.75, 3.05) is 0 Å². The Bertz CT molecular complexity index is 777. The molecule has 2 aromatic carbocycles. The molecule has 0 N–H and O–H groups in total. The molecular weight excluding hydrogens is 312 g/mol. The first-order valence-corrected chi connectivity index (χ1v) is 8.52. The summed E-state index contributed by atoms with van der Waals surface area (Å²) in [4.78, 5) is 0. The lowest BCUT2D eigenvalue weighted by molar-refractivity contribution is 1.57. The minimum Gasteiger partial charge on any atom is -0.0984 e. The van der Waals surface area contributed by atoms with Gasteiger partial charge in [0.2, 0.25) is 0 Å². The summed E-state index contributed by atoms with van der Waals surface area (Å²) >= 11 is 0. The zero-order chi connectivity index (χ0) is 18.8. The van der Waals surface area contributed by atoms with E-state index in [-0.39, 0.29) is 0 Å². The maximum Gasteiger partial charge on any atom is -0.0112 e. The Hall–Kier alpha value is -3.38. The molecule has 0 saturated carbocycles. The number of hydrogen-bond acceptors (Lipinski definition) is 0. The third-order valence-corrected chi connectivity index (χ3v) is 4.09. The van der Waals surface area contributed by atoms with Crippen molar-refractivity contribution in [3.8, 4) is 0 Å². The minimum absolute atomic E-state index is 0.985. The van der Waals surface area contributed by atoms with E-state index in [1.807, 2.05) is 60.7 Å². The Morgan fingerprint density at radius 2 is 0.808 bits per heavy atom. The van der Waals surface area contributed by atoms with Gasteiger partial charge < -0.3 is 0 Å². The molecule has 0 aliphatic heterocycles. The summed E-state index contributed by atoms with van der Waals surface area (Å²) in [6.45, 7) is 15.7. The van der Waals surface area contributed by atoms with Gasteiger partial charge in [0.1, 0.15) is 0 Å². The van der Waals surface area contributed by atoms with Gasteiger partial charge in [0.15, 0.2) is 0 Å². The topological polar surface area (TPSA) is 0 Å². The molecule has 0 unspecified atom stereocenters. The molecular formula is C26H24. The molecule has 26 heavy (non-hydrogen) atoms. The second kappa shape index (κ2) is 9.80. The average molecular weight is 336 g/mol.